The minimum absolute atomic E-state index is 0.0469. The van der Waals surface area contributed by atoms with Crippen LogP contribution in [-0.4, -0.2) is 34.0 Å². The third-order valence-electron chi connectivity index (χ3n) is 5.95. The van der Waals surface area contributed by atoms with E-state index in [1.807, 2.05) is 24.3 Å². The number of carboxylic acid groups (broad SMARTS) is 1. The first-order valence-electron chi connectivity index (χ1n) is 12.8. The number of hydrogen-bond donors (Lipinski definition) is 4. The molecule has 4 N–H and O–H groups in total. The Morgan fingerprint density at radius 1 is 0.860 bits per heavy atom. The number of benzene rings is 4. The van der Waals surface area contributed by atoms with Crippen molar-refractivity contribution in [3.8, 4) is 0 Å². The van der Waals surface area contributed by atoms with Crippen LogP contribution in [0.5, 0.6) is 0 Å². The highest BCUT2D eigenvalue weighted by atomic mass is 79.9. The van der Waals surface area contributed by atoms with E-state index in [1.54, 1.807) is 67.6 Å². The maximum atomic E-state index is 13.4. The van der Waals surface area contributed by atoms with E-state index >= 15 is 0 Å². The molecular weight excluding hydrogens is 654 g/mol. The number of carbonyl (C=O) groups is 4. The summed E-state index contributed by atoms with van der Waals surface area (Å²) in [5.74, 6) is -2.50. The summed E-state index contributed by atoms with van der Waals surface area (Å²) in [6.07, 6.45) is 1.58. The van der Waals surface area contributed by atoms with Gasteiger partial charge in [-0.15, -0.1) is 11.8 Å². The van der Waals surface area contributed by atoms with Gasteiger partial charge in [0.1, 0.15) is 5.70 Å². The number of aromatic carboxylic acids is 1. The minimum Gasteiger partial charge on any atom is -0.478 e. The van der Waals surface area contributed by atoms with E-state index in [9.17, 15) is 24.3 Å². The number of nitrogens with one attached hydrogen (secondary N) is 3. The van der Waals surface area contributed by atoms with Crippen molar-refractivity contribution in [1.29, 1.82) is 0 Å². The van der Waals surface area contributed by atoms with Crippen LogP contribution in [0.25, 0.3) is 6.08 Å². The lowest BCUT2D eigenvalue weighted by Gasteiger charge is -2.14. The van der Waals surface area contributed by atoms with Crippen LogP contribution >= 0.6 is 39.3 Å². The van der Waals surface area contributed by atoms with E-state index in [2.05, 4.69) is 31.9 Å². The Hall–Kier alpha value is -4.38. The van der Waals surface area contributed by atoms with Gasteiger partial charge in [-0.25, -0.2) is 4.79 Å². The van der Waals surface area contributed by atoms with E-state index in [-0.39, 0.29) is 22.2 Å². The smallest absolute Gasteiger partial charge is 0.337 e. The maximum Gasteiger partial charge on any atom is 0.337 e. The molecule has 0 saturated carbocycles. The van der Waals surface area contributed by atoms with E-state index in [1.165, 1.54) is 30.0 Å². The molecule has 0 aliphatic rings. The zero-order valence-corrected chi connectivity index (χ0v) is 25.8. The number of amides is 3. The zero-order chi connectivity index (χ0) is 30.9. The van der Waals surface area contributed by atoms with Crippen molar-refractivity contribution < 1.29 is 24.3 Å². The minimum atomic E-state index is -1.20. The Balaban J connectivity index is 1.47. The van der Waals surface area contributed by atoms with Gasteiger partial charge in [-0.2, -0.15) is 0 Å². The fourth-order valence-corrected chi connectivity index (χ4v) is 5.17. The van der Waals surface area contributed by atoms with Crippen LogP contribution < -0.4 is 16.0 Å². The van der Waals surface area contributed by atoms with Crippen molar-refractivity contribution in [1.82, 2.24) is 5.32 Å². The van der Waals surface area contributed by atoms with Crippen LogP contribution in [0.3, 0.4) is 0 Å². The molecule has 0 bridgehead atoms. The second-order valence-corrected chi connectivity index (χ2v) is 11.9. The molecule has 0 heterocycles. The number of halogens is 2. The van der Waals surface area contributed by atoms with E-state index < -0.39 is 23.0 Å². The van der Waals surface area contributed by atoms with Gasteiger partial charge in [-0.05, 0) is 79.2 Å². The molecule has 0 aromatic heterocycles. The van der Waals surface area contributed by atoms with Crippen LogP contribution in [0.2, 0.25) is 5.02 Å². The highest BCUT2D eigenvalue weighted by Crippen LogP contribution is 2.28. The van der Waals surface area contributed by atoms with Crippen molar-refractivity contribution in [2.45, 2.75) is 17.1 Å². The Morgan fingerprint density at radius 3 is 2.26 bits per heavy atom. The third kappa shape index (κ3) is 9.05. The van der Waals surface area contributed by atoms with Crippen molar-refractivity contribution in [3.05, 3.63) is 129 Å². The summed E-state index contributed by atoms with van der Waals surface area (Å²) in [6.45, 7) is 1.71. The van der Waals surface area contributed by atoms with Gasteiger partial charge in [0.25, 0.3) is 11.8 Å². The topological polar surface area (TPSA) is 125 Å². The van der Waals surface area contributed by atoms with Crippen molar-refractivity contribution in [2.24, 2.45) is 0 Å². The summed E-state index contributed by atoms with van der Waals surface area (Å²) in [7, 11) is 0. The summed E-state index contributed by atoms with van der Waals surface area (Å²) in [4.78, 5) is 51.1. The molecule has 43 heavy (non-hydrogen) atoms. The van der Waals surface area contributed by atoms with Gasteiger partial charge in [-0.3, -0.25) is 14.4 Å². The second kappa shape index (κ2) is 14.7. The normalized spacial score (nSPS) is 11.7. The molecule has 8 nitrogen and oxygen atoms in total. The third-order valence-corrected chi connectivity index (χ3v) is 7.90. The highest BCUT2D eigenvalue weighted by molar-refractivity contribution is 9.10. The zero-order valence-electron chi connectivity index (χ0n) is 22.6. The second-order valence-electron chi connectivity index (χ2n) is 9.16. The van der Waals surface area contributed by atoms with Crippen LogP contribution in [0.1, 0.15) is 33.2 Å². The van der Waals surface area contributed by atoms with Crippen LogP contribution in [0.15, 0.2) is 112 Å². The molecule has 0 saturated heterocycles. The number of carbonyl (C=O) groups excluding carboxylic acids is 3. The van der Waals surface area contributed by atoms with Gasteiger partial charge in [0, 0.05) is 26.3 Å². The molecule has 0 spiro atoms. The van der Waals surface area contributed by atoms with Gasteiger partial charge in [0.05, 0.1) is 15.8 Å². The monoisotopic (exact) mass is 677 g/mol. The Kier molecular flexibility index (Phi) is 10.8. The first-order chi connectivity index (χ1) is 20.6. The van der Waals surface area contributed by atoms with E-state index in [0.29, 0.717) is 27.4 Å². The molecule has 0 radical (unpaired) electrons. The van der Waals surface area contributed by atoms with E-state index in [4.69, 9.17) is 11.6 Å². The van der Waals surface area contributed by atoms with Gasteiger partial charge in [0.2, 0.25) is 5.91 Å². The molecule has 4 aromatic carbocycles. The van der Waals surface area contributed by atoms with Gasteiger partial charge < -0.3 is 21.1 Å². The number of thioether (sulfide) groups is 1. The first kappa shape index (κ1) is 31.6. The molecule has 0 aliphatic heterocycles. The van der Waals surface area contributed by atoms with Gasteiger partial charge in [0.15, 0.2) is 0 Å². The highest BCUT2D eigenvalue weighted by Gasteiger charge is 2.18. The summed E-state index contributed by atoms with van der Waals surface area (Å²) in [5.41, 5.74) is 1.81. The molecule has 1 unspecified atom stereocenters. The molecule has 4 aromatic rings. The van der Waals surface area contributed by atoms with Crippen LogP contribution in [0.4, 0.5) is 11.4 Å². The number of hydrogen-bond acceptors (Lipinski definition) is 5. The molecule has 1 atom stereocenters. The Morgan fingerprint density at radius 2 is 1.56 bits per heavy atom. The molecule has 3 amide bonds. The number of rotatable bonds is 10. The molecule has 0 aliphatic carbocycles. The van der Waals surface area contributed by atoms with Crippen molar-refractivity contribution >= 4 is 80.4 Å². The standard InChI is InChI=1S/C32H25BrClN3O5S/c1-19(29(38)35-24-14-15-27(34)26(18-24)32(41)42)43-25-9-5-8-23(17-25)36-31(40)28(16-20-10-12-22(33)13-11-20)37-30(39)21-6-3-2-4-7-21/h2-19H,1H3,(H,35,38)(H,36,40)(H,37,39)(H,41,42)/b28-16-. The van der Waals surface area contributed by atoms with Crippen LogP contribution in [0, 0.1) is 0 Å². The van der Waals surface area contributed by atoms with E-state index in [0.717, 1.165) is 4.47 Å². The summed E-state index contributed by atoms with van der Waals surface area (Å²) in [6, 6.07) is 27.0. The predicted molar refractivity (Wildman–Crippen MR) is 173 cm³/mol. The fourth-order valence-electron chi connectivity index (χ4n) is 3.78. The van der Waals surface area contributed by atoms with Crippen molar-refractivity contribution in [2.75, 3.05) is 10.6 Å². The summed E-state index contributed by atoms with van der Waals surface area (Å²) >= 11 is 10.6. The largest absolute Gasteiger partial charge is 0.478 e. The molecule has 4 rings (SSSR count). The molecular formula is C32H25BrClN3O5S. The van der Waals surface area contributed by atoms with Gasteiger partial charge in [-0.1, -0.05) is 63.9 Å². The lowest BCUT2D eigenvalue weighted by Crippen LogP contribution is -2.30. The predicted octanol–water partition coefficient (Wildman–Crippen LogP) is 7.33. The fraction of sp³-hybridized carbons (Fsp3) is 0.0625. The number of anilines is 2. The maximum absolute atomic E-state index is 13.4. The summed E-state index contributed by atoms with van der Waals surface area (Å²) < 4.78 is 0.874. The average molecular weight is 679 g/mol. The Labute approximate surface area is 265 Å². The lowest BCUT2D eigenvalue weighted by molar-refractivity contribution is -0.115. The average Bonchev–Trinajstić information content (AvgIpc) is 2.99. The van der Waals surface area contributed by atoms with Crippen molar-refractivity contribution in [3.63, 3.8) is 0 Å². The summed E-state index contributed by atoms with van der Waals surface area (Å²) in [5, 5.41) is 17.0. The van der Waals surface area contributed by atoms with Crippen LogP contribution in [-0.2, 0) is 9.59 Å². The molecule has 0 fully saturated rings. The SMILES string of the molecule is CC(Sc1cccc(NC(=O)/C(=C/c2ccc(Br)cc2)NC(=O)c2ccccc2)c1)C(=O)Nc1ccc(Cl)c(C(=O)O)c1. The van der Waals surface area contributed by atoms with Gasteiger partial charge >= 0.3 is 5.97 Å². The molecule has 218 valence electrons. The quantitative estimate of drug-likeness (QED) is 0.103. The molecule has 11 heteroatoms. The lowest BCUT2D eigenvalue weighted by atomic mass is 10.1. The Bertz CT molecular complexity index is 1700. The first-order valence-corrected chi connectivity index (χ1v) is 14.9. The number of carboxylic acids is 1.